The van der Waals surface area contributed by atoms with Crippen LogP contribution in [0.2, 0.25) is 0 Å². The van der Waals surface area contributed by atoms with Crippen LogP contribution in [-0.2, 0) is 4.74 Å². The third-order valence-electron chi connectivity index (χ3n) is 1.85. The zero-order chi connectivity index (χ0) is 7.56. The van der Waals surface area contributed by atoms with E-state index in [1.54, 1.807) is 0 Å². The molecule has 1 aliphatic heterocycles. The summed E-state index contributed by atoms with van der Waals surface area (Å²) in [6.07, 6.45) is 5.56. The van der Waals surface area contributed by atoms with Crippen LogP contribution in [0.5, 0.6) is 0 Å². The summed E-state index contributed by atoms with van der Waals surface area (Å²) < 4.78 is 5.23. The van der Waals surface area contributed by atoms with Crippen molar-refractivity contribution in [2.45, 2.75) is 25.6 Å². The van der Waals surface area contributed by atoms with Gasteiger partial charge in [-0.2, -0.15) is 0 Å². The Balaban J connectivity index is 2.39. The van der Waals surface area contributed by atoms with Gasteiger partial charge in [-0.05, 0) is 13.3 Å². The Morgan fingerprint density at radius 1 is 1.80 bits per heavy atom. The zero-order valence-electron chi connectivity index (χ0n) is 6.08. The molecule has 1 fully saturated rings. The van der Waals surface area contributed by atoms with E-state index in [2.05, 4.69) is 5.92 Å². The third-order valence-corrected chi connectivity index (χ3v) is 1.85. The van der Waals surface area contributed by atoms with Crippen molar-refractivity contribution in [3.05, 3.63) is 0 Å². The molecule has 0 radical (unpaired) electrons. The molecule has 1 saturated heterocycles. The van der Waals surface area contributed by atoms with Crippen LogP contribution in [0.15, 0.2) is 0 Å². The Bertz CT molecular complexity index is 148. The highest BCUT2D eigenvalue weighted by atomic mass is 16.5. The monoisotopic (exact) mass is 140 g/mol. The maximum atomic E-state index is 9.16. The van der Waals surface area contributed by atoms with Crippen LogP contribution in [0.4, 0.5) is 0 Å². The highest BCUT2D eigenvalue weighted by Gasteiger charge is 2.26. The number of rotatable bonds is 1. The Hall–Kier alpha value is -0.520. The number of hydrogen-bond donors (Lipinski definition) is 1. The van der Waals surface area contributed by atoms with Gasteiger partial charge in [0.15, 0.2) is 0 Å². The highest BCUT2D eigenvalue weighted by Crippen LogP contribution is 2.21. The molecule has 3 unspecified atom stereocenters. The smallest absolute Gasteiger partial charge is 0.119 e. The molecule has 1 N–H and O–H groups in total. The van der Waals surface area contributed by atoms with Crippen LogP contribution < -0.4 is 0 Å². The van der Waals surface area contributed by atoms with Gasteiger partial charge in [0, 0.05) is 5.92 Å². The van der Waals surface area contributed by atoms with Crippen LogP contribution in [-0.4, -0.2) is 23.9 Å². The first-order valence-electron chi connectivity index (χ1n) is 3.50. The number of ether oxygens (including phenoxy) is 1. The molecule has 10 heavy (non-hydrogen) atoms. The molecular weight excluding hydrogens is 128 g/mol. The van der Waals surface area contributed by atoms with Crippen LogP contribution >= 0.6 is 0 Å². The Labute approximate surface area is 61.2 Å². The summed E-state index contributed by atoms with van der Waals surface area (Å²) in [7, 11) is 0. The number of terminal acetylenes is 1. The summed E-state index contributed by atoms with van der Waals surface area (Å²) >= 11 is 0. The van der Waals surface area contributed by atoms with E-state index in [0.29, 0.717) is 6.61 Å². The molecule has 2 heteroatoms. The molecule has 3 atom stereocenters. The fraction of sp³-hybridized carbons (Fsp3) is 0.750. The van der Waals surface area contributed by atoms with E-state index in [0.717, 1.165) is 6.42 Å². The van der Waals surface area contributed by atoms with Gasteiger partial charge in [0.25, 0.3) is 0 Å². The Kier molecular flexibility index (Phi) is 2.31. The molecule has 0 spiro atoms. The van der Waals surface area contributed by atoms with Crippen molar-refractivity contribution in [3.8, 4) is 12.3 Å². The number of aliphatic hydroxyl groups is 1. The fourth-order valence-electron chi connectivity index (χ4n) is 1.21. The number of aliphatic hydroxyl groups excluding tert-OH is 1. The molecular formula is C8H12O2. The topological polar surface area (TPSA) is 29.5 Å². The van der Waals surface area contributed by atoms with Crippen LogP contribution in [0.3, 0.4) is 0 Å². The molecule has 0 bridgehead atoms. The van der Waals surface area contributed by atoms with Crippen molar-refractivity contribution in [1.29, 1.82) is 0 Å². The zero-order valence-corrected chi connectivity index (χ0v) is 6.08. The van der Waals surface area contributed by atoms with Crippen LogP contribution in [0.1, 0.15) is 13.3 Å². The normalized spacial score (nSPS) is 35.3. The first-order chi connectivity index (χ1) is 4.74. The predicted octanol–water partition coefficient (Wildman–Crippen LogP) is 0.405. The summed E-state index contributed by atoms with van der Waals surface area (Å²) in [4.78, 5) is 0. The van der Waals surface area contributed by atoms with Crippen LogP contribution in [0.25, 0.3) is 0 Å². The van der Waals surface area contributed by atoms with Gasteiger partial charge in [-0.1, -0.05) is 5.92 Å². The van der Waals surface area contributed by atoms with Gasteiger partial charge >= 0.3 is 0 Å². The Morgan fingerprint density at radius 2 is 2.50 bits per heavy atom. The van der Waals surface area contributed by atoms with Crippen molar-refractivity contribution in [2.24, 2.45) is 5.92 Å². The minimum absolute atomic E-state index is 0.153. The average molecular weight is 140 g/mol. The first-order valence-corrected chi connectivity index (χ1v) is 3.50. The van der Waals surface area contributed by atoms with Gasteiger partial charge in [-0.25, -0.2) is 0 Å². The molecule has 1 rings (SSSR count). The van der Waals surface area contributed by atoms with E-state index in [4.69, 9.17) is 16.3 Å². The summed E-state index contributed by atoms with van der Waals surface area (Å²) in [5, 5.41) is 9.16. The minimum Gasteiger partial charge on any atom is -0.380 e. The second-order valence-corrected chi connectivity index (χ2v) is 2.75. The molecule has 56 valence electrons. The molecule has 2 nitrogen and oxygen atoms in total. The van der Waals surface area contributed by atoms with Gasteiger partial charge in [-0.15, -0.1) is 6.42 Å². The quantitative estimate of drug-likeness (QED) is 0.534. The average Bonchev–Trinajstić information content (AvgIpc) is 2.34. The maximum absolute atomic E-state index is 9.16. The van der Waals surface area contributed by atoms with E-state index in [-0.39, 0.29) is 12.0 Å². The molecule has 0 aromatic heterocycles. The van der Waals surface area contributed by atoms with Gasteiger partial charge in [0.2, 0.25) is 0 Å². The van der Waals surface area contributed by atoms with E-state index in [1.807, 2.05) is 6.92 Å². The molecule has 0 aromatic rings. The largest absolute Gasteiger partial charge is 0.380 e. The lowest BCUT2D eigenvalue weighted by Crippen LogP contribution is -2.18. The van der Waals surface area contributed by atoms with Gasteiger partial charge in [0.05, 0.1) is 12.7 Å². The van der Waals surface area contributed by atoms with E-state index in [9.17, 15) is 0 Å². The predicted molar refractivity (Wildman–Crippen MR) is 38.4 cm³/mol. The molecule has 1 aliphatic rings. The maximum Gasteiger partial charge on any atom is 0.119 e. The summed E-state index contributed by atoms with van der Waals surface area (Å²) in [5.74, 6) is 2.46. The summed E-state index contributed by atoms with van der Waals surface area (Å²) in [6, 6.07) is 0. The second kappa shape index (κ2) is 3.05. The van der Waals surface area contributed by atoms with Crippen LogP contribution in [0, 0.1) is 18.3 Å². The van der Waals surface area contributed by atoms with Gasteiger partial charge in [0.1, 0.15) is 6.10 Å². The minimum atomic E-state index is -0.620. The molecule has 0 amide bonds. The van der Waals surface area contributed by atoms with Crippen molar-refractivity contribution in [3.63, 3.8) is 0 Å². The third kappa shape index (κ3) is 1.50. The summed E-state index contributed by atoms with van der Waals surface area (Å²) in [6.45, 7) is 2.59. The molecule has 0 aromatic carbocycles. The molecule has 0 aliphatic carbocycles. The lowest BCUT2D eigenvalue weighted by atomic mass is 10.0. The van der Waals surface area contributed by atoms with Crippen molar-refractivity contribution < 1.29 is 9.84 Å². The first kappa shape index (κ1) is 7.59. The van der Waals surface area contributed by atoms with E-state index < -0.39 is 6.10 Å². The van der Waals surface area contributed by atoms with Crippen molar-refractivity contribution in [1.82, 2.24) is 0 Å². The van der Waals surface area contributed by atoms with Crippen molar-refractivity contribution in [2.75, 3.05) is 6.61 Å². The molecule has 1 heterocycles. The molecule has 0 saturated carbocycles. The van der Waals surface area contributed by atoms with Gasteiger partial charge < -0.3 is 9.84 Å². The van der Waals surface area contributed by atoms with Gasteiger partial charge in [-0.3, -0.25) is 0 Å². The van der Waals surface area contributed by atoms with E-state index >= 15 is 0 Å². The SMILES string of the molecule is C#CC(O)C1COC(C)C1. The standard InChI is InChI=1S/C8H12O2/c1-3-8(9)7-4-6(2)10-5-7/h1,6-9H,4-5H2,2H3. The van der Waals surface area contributed by atoms with E-state index in [1.165, 1.54) is 0 Å². The highest BCUT2D eigenvalue weighted by molar-refractivity contribution is 4.98. The lowest BCUT2D eigenvalue weighted by Gasteiger charge is -2.08. The second-order valence-electron chi connectivity index (χ2n) is 2.75. The van der Waals surface area contributed by atoms with Crippen molar-refractivity contribution >= 4 is 0 Å². The summed E-state index contributed by atoms with van der Waals surface area (Å²) in [5.41, 5.74) is 0. The Morgan fingerprint density at radius 3 is 2.90 bits per heavy atom. The fourth-order valence-corrected chi connectivity index (χ4v) is 1.21. The lowest BCUT2D eigenvalue weighted by molar-refractivity contribution is 0.102. The number of hydrogen-bond acceptors (Lipinski definition) is 2.